The molecule has 2 unspecified atom stereocenters. The van der Waals surface area contributed by atoms with Crippen LogP contribution in [-0.2, 0) is 4.79 Å². The van der Waals surface area contributed by atoms with E-state index in [-0.39, 0.29) is 12.0 Å². The van der Waals surface area contributed by atoms with E-state index in [9.17, 15) is 4.79 Å². The van der Waals surface area contributed by atoms with Gasteiger partial charge in [-0.1, -0.05) is 13.0 Å². The number of aryl methyl sites for hydroxylation is 1. The van der Waals surface area contributed by atoms with Crippen LogP contribution >= 0.6 is 0 Å². The minimum Gasteiger partial charge on any atom is -0.495 e. The Morgan fingerprint density at radius 1 is 1.33 bits per heavy atom. The van der Waals surface area contributed by atoms with Crippen molar-refractivity contribution in [1.82, 2.24) is 0 Å². The Bertz CT molecular complexity index is 456. The molecule has 0 saturated carbocycles. The molecule has 1 heterocycles. The lowest BCUT2D eigenvalue weighted by Gasteiger charge is -2.39. The summed E-state index contributed by atoms with van der Waals surface area (Å²) in [5.41, 5.74) is 2.31. The number of hydrogen-bond acceptors (Lipinski definition) is 3. The van der Waals surface area contributed by atoms with Crippen LogP contribution in [0.25, 0.3) is 0 Å². The monoisotopic (exact) mass is 247 g/mol. The van der Waals surface area contributed by atoms with E-state index in [0.29, 0.717) is 12.2 Å². The Hall–Kier alpha value is -1.51. The Morgan fingerprint density at radius 3 is 2.72 bits per heavy atom. The van der Waals surface area contributed by atoms with Gasteiger partial charge in [-0.25, -0.2) is 0 Å². The molecule has 1 aromatic carbocycles. The highest BCUT2D eigenvalue weighted by atomic mass is 16.5. The predicted octanol–water partition coefficient (Wildman–Crippen LogP) is 2.81. The lowest BCUT2D eigenvalue weighted by Crippen LogP contribution is -2.47. The number of carbonyl (C=O) groups is 1. The summed E-state index contributed by atoms with van der Waals surface area (Å²) in [6, 6.07) is 6.41. The Balaban J connectivity index is 2.36. The molecule has 18 heavy (non-hydrogen) atoms. The fourth-order valence-electron chi connectivity index (χ4n) is 2.57. The first-order valence-corrected chi connectivity index (χ1v) is 6.48. The maximum absolute atomic E-state index is 11.7. The van der Waals surface area contributed by atoms with Crippen molar-refractivity contribution in [3.63, 3.8) is 0 Å². The van der Waals surface area contributed by atoms with Crippen LogP contribution in [0.5, 0.6) is 5.75 Å². The largest absolute Gasteiger partial charge is 0.495 e. The zero-order valence-corrected chi connectivity index (χ0v) is 11.6. The van der Waals surface area contributed by atoms with E-state index in [1.165, 1.54) is 5.56 Å². The molecule has 1 saturated heterocycles. The van der Waals surface area contributed by atoms with Crippen molar-refractivity contribution < 1.29 is 9.53 Å². The molecule has 1 aromatic rings. The summed E-state index contributed by atoms with van der Waals surface area (Å²) in [5, 5.41) is 0. The SMILES string of the molecule is COc1ccc(C)cc1N1CCC(=O)C(C)C1C. The number of anilines is 1. The first-order chi connectivity index (χ1) is 8.54. The number of hydrogen-bond donors (Lipinski definition) is 0. The normalized spacial score (nSPS) is 24.2. The summed E-state index contributed by atoms with van der Waals surface area (Å²) >= 11 is 0. The van der Waals surface area contributed by atoms with Crippen molar-refractivity contribution >= 4 is 11.5 Å². The summed E-state index contributed by atoms with van der Waals surface area (Å²) < 4.78 is 5.44. The fourth-order valence-corrected chi connectivity index (χ4v) is 2.57. The number of benzene rings is 1. The molecule has 1 aliphatic heterocycles. The zero-order valence-electron chi connectivity index (χ0n) is 11.6. The van der Waals surface area contributed by atoms with E-state index in [1.54, 1.807) is 7.11 Å². The van der Waals surface area contributed by atoms with Crippen LogP contribution in [0.15, 0.2) is 18.2 Å². The van der Waals surface area contributed by atoms with E-state index in [4.69, 9.17) is 4.74 Å². The Kier molecular flexibility index (Phi) is 3.60. The lowest BCUT2D eigenvalue weighted by molar-refractivity contribution is -0.123. The molecule has 3 heteroatoms. The second kappa shape index (κ2) is 5.01. The molecule has 2 rings (SSSR count). The fraction of sp³-hybridized carbons (Fsp3) is 0.533. The zero-order chi connectivity index (χ0) is 13.3. The highest BCUT2D eigenvalue weighted by Gasteiger charge is 2.32. The number of piperidine rings is 1. The third-order valence-electron chi connectivity index (χ3n) is 3.97. The van der Waals surface area contributed by atoms with Gasteiger partial charge in [0.2, 0.25) is 0 Å². The van der Waals surface area contributed by atoms with Crippen LogP contribution in [-0.4, -0.2) is 25.5 Å². The number of carbonyl (C=O) groups excluding carboxylic acids is 1. The number of rotatable bonds is 2. The molecule has 1 aliphatic rings. The van der Waals surface area contributed by atoms with Gasteiger partial charge in [-0.3, -0.25) is 4.79 Å². The molecule has 2 atom stereocenters. The van der Waals surface area contributed by atoms with Gasteiger partial charge in [0, 0.05) is 24.9 Å². The van der Waals surface area contributed by atoms with Crippen LogP contribution < -0.4 is 9.64 Å². The molecule has 0 spiro atoms. The summed E-state index contributed by atoms with van der Waals surface area (Å²) in [5.74, 6) is 1.34. The van der Waals surface area contributed by atoms with Gasteiger partial charge in [0.1, 0.15) is 11.5 Å². The third kappa shape index (κ3) is 2.22. The van der Waals surface area contributed by atoms with Crippen molar-refractivity contribution in [2.24, 2.45) is 5.92 Å². The third-order valence-corrected chi connectivity index (χ3v) is 3.97. The molecule has 1 fully saturated rings. The van der Waals surface area contributed by atoms with Crippen LogP contribution in [0, 0.1) is 12.8 Å². The summed E-state index contributed by atoms with van der Waals surface area (Å²) in [4.78, 5) is 14.0. The summed E-state index contributed by atoms with van der Waals surface area (Å²) in [6.45, 7) is 6.99. The second-order valence-corrected chi connectivity index (χ2v) is 5.11. The number of ether oxygens (including phenoxy) is 1. The molecule has 0 aromatic heterocycles. The van der Waals surface area contributed by atoms with Gasteiger partial charge in [-0.2, -0.15) is 0 Å². The average molecular weight is 247 g/mol. The minimum atomic E-state index is 0.0870. The quantitative estimate of drug-likeness (QED) is 0.805. The molecule has 0 N–H and O–H groups in total. The number of ketones is 1. The number of Topliss-reactive ketones (excluding diaryl/α,β-unsaturated/α-hetero) is 1. The minimum absolute atomic E-state index is 0.0870. The lowest BCUT2D eigenvalue weighted by atomic mass is 9.90. The van der Waals surface area contributed by atoms with Gasteiger partial charge >= 0.3 is 0 Å². The van der Waals surface area contributed by atoms with Crippen molar-refractivity contribution in [2.75, 3.05) is 18.6 Å². The van der Waals surface area contributed by atoms with Crippen molar-refractivity contribution in [2.45, 2.75) is 33.2 Å². The number of nitrogens with zero attached hydrogens (tertiary/aromatic N) is 1. The highest BCUT2D eigenvalue weighted by Crippen LogP contribution is 2.34. The van der Waals surface area contributed by atoms with Crippen molar-refractivity contribution in [3.05, 3.63) is 23.8 Å². The van der Waals surface area contributed by atoms with Crippen LogP contribution in [0.3, 0.4) is 0 Å². The number of methoxy groups -OCH3 is 1. The van der Waals surface area contributed by atoms with Gasteiger partial charge in [-0.15, -0.1) is 0 Å². The second-order valence-electron chi connectivity index (χ2n) is 5.11. The van der Waals surface area contributed by atoms with E-state index in [1.807, 2.05) is 19.1 Å². The van der Waals surface area contributed by atoms with Crippen LogP contribution in [0.4, 0.5) is 5.69 Å². The van der Waals surface area contributed by atoms with E-state index >= 15 is 0 Å². The molecule has 0 amide bonds. The standard InChI is InChI=1S/C15H21NO2/c1-10-5-6-15(18-4)13(9-10)16-8-7-14(17)11(2)12(16)3/h5-6,9,11-12H,7-8H2,1-4H3. The molecule has 0 aliphatic carbocycles. The van der Waals surface area contributed by atoms with E-state index in [2.05, 4.69) is 24.8 Å². The first kappa shape index (κ1) is 12.9. The van der Waals surface area contributed by atoms with Crippen LogP contribution in [0.1, 0.15) is 25.8 Å². The predicted molar refractivity (Wildman–Crippen MR) is 73.3 cm³/mol. The summed E-state index contributed by atoms with van der Waals surface area (Å²) in [7, 11) is 1.69. The molecular weight excluding hydrogens is 226 g/mol. The highest BCUT2D eigenvalue weighted by molar-refractivity contribution is 5.84. The molecule has 0 bridgehead atoms. The Labute approximate surface area is 109 Å². The summed E-state index contributed by atoms with van der Waals surface area (Å²) in [6.07, 6.45) is 0.628. The molecule has 98 valence electrons. The molecule has 3 nitrogen and oxygen atoms in total. The van der Waals surface area contributed by atoms with Crippen molar-refractivity contribution in [1.29, 1.82) is 0 Å². The maximum Gasteiger partial charge on any atom is 0.142 e. The van der Waals surface area contributed by atoms with Gasteiger partial charge in [0.15, 0.2) is 0 Å². The van der Waals surface area contributed by atoms with Crippen LogP contribution in [0.2, 0.25) is 0 Å². The smallest absolute Gasteiger partial charge is 0.142 e. The maximum atomic E-state index is 11.7. The van der Waals surface area contributed by atoms with E-state index in [0.717, 1.165) is 18.0 Å². The average Bonchev–Trinajstić information content (AvgIpc) is 2.36. The van der Waals surface area contributed by atoms with Gasteiger partial charge in [0.05, 0.1) is 12.8 Å². The topological polar surface area (TPSA) is 29.5 Å². The Morgan fingerprint density at radius 2 is 2.06 bits per heavy atom. The van der Waals surface area contributed by atoms with E-state index < -0.39 is 0 Å². The first-order valence-electron chi connectivity index (χ1n) is 6.48. The van der Waals surface area contributed by atoms with Gasteiger partial charge in [0.25, 0.3) is 0 Å². The van der Waals surface area contributed by atoms with Gasteiger partial charge in [-0.05, 0) is 31.5 Å². The van der Waals surface area contributed by atoms with Crippen molar-refractivity contribution in [3.8, 4) is 5.75 Å². The molecule has 0 radical (unpaired) electrons. The van der Waals surface area contributed by atoms with Gasteiger partial charge < -0.3 is 9.64 Å². The molecular formula is C15H21NO2.